The first kappa shape index (κ1) is 12.2. The quantitative estimate of drug-likeness (QED) is 0.500. The molecule has 7 heteroatoms. The maximum Gasteiger partial charge on any atom is 0.243 e. The van der Waals surface area contributed by atoms with Gasteiger partial charge >= 0.3 is 0 Å². The van der Waals surface area contributed by atoms with Crippen LogP contribution in [-0.2, 0) is 10.0 Å². The van der Waals surface area contributed by atoms with Crippen molar-refractivity contribution in [2.24, 2.45) is 0 Å². The van der Waals surface area contributed by atoms with Gasteiger partial charge in [0.2, 0.25) is 10.0 Å². The Morgan fingerprint density at radius 2 is 2.00 bits per heavy atom. The maximum atomic E-state index is 12.0. The van der Waals surface area contributed by atoms with Crippen molar-refractivity contribution in [1.82, 2.24) is 4.31 Å². The fourth-order valence-corrected chi connectivity index (χ4v) is 3.44. The molecule has 6 nitrogen and oxygen atoms in total. The number of benzene rings is 1. The van der Waals surface area contributed by atoms with Crippen LogP contribution in [0.25, 0.3) is 0 Å². The predicted octanol–water partition coefficient (Wildman–Crippen LogP) is -0.270. The molecule has 1 aliphatic rings. The van der Waals surface area contributed by atoms with E-state index in [0.29, 0.717) is 0 Å². The summed E-state index contributed by atoms with van der Waals surface area (Å²) in [6.45, 7) is 1.70. The number of β-amino-alcohol motifs (C(OH)–C–C–N with tert-alkyl or cyclic N) is 1. The van der Waals surface area contributed by atoms with Crippen molar-refractivity contribution in [3.63, 3.8) is 0 Å². The van der Waals surface area contributed by atoms with Crippen LogP contribution in [0.3, 0.4) is 0 Å². The van der Waals surface area contributed by atoms with Crippen LogP contribution in [0.15, 0.2) is 23.1 Å². The van der Waals surface area contributed by atoms with Gasteiger partial charge in [-0.05, 0) is 25.1 Å². The summed E-state index contributed by atoms with van der Waals surface area (Å²) in [4.78, 5) is 0.0169. The van der Waals surface area contributed by atoms with Crippen molar-refractivity contribution in [3.05, 3.63) is 18.2 Å². The monoisotopic (exact) mass is 258 g/mol. The Hall–Kier alpha value is -1.31. The zero-order valence-corrected chi connectivity index (χ0v) is 10.1. The van der Waals surface area contributed by atoms with Crippen LogP contribution >= 0.6 is 0 Å². The van der Waals surface area contributed by atoms with E-state index in [0.717, 1.165) is 0 Å². The fraction of sp³-hybridized carbons (Fsp3) is 0.400. The summed E-state index contributed by atoms with van der Waals surface area (Å²) in [7, 11) is -3.63. The first-order chi connectivity index (χ1) is 7.72. The van der Waals surface area contributed by atoms with E-state index in [-0.39, 0.29) is 29.4 Å². The molecule has 0 bridgehead atoms. The molecule has 0 aromatic heterocycles. The highest BCUT2D eigenvalue weighted by Gasteiger charge is 2.43. The lowest BCUT2D eigenvalue weighted by Gasteiger charge is -2.42. The summed E-state index contributed by atoms with van der Waals surface area (Å²) in [5.74, 6) is -0.153. The van der Waals surface area contributed by atoms with Gasteiger partial charge in [0.25, 0.3) is 0 Å². The number of phenols is 1. The van der Waals surface area contributed by atoms with Crippen LogP contribution in [0.2, 0.25) is 0 Å². The smallest absolute Gasteiger partial charge is 0.243 e. The van der Waals surface area contributed by atoms with Crippen molar-refractivity contribution in [2.75, 3.05) is 18.8 Å². The number of aliphatic hydroxyl groups is 1. The van der Waals surface area contributed by atoms with Crippen LogP contribution in [0.1, 0.15) is 6.92 Å². The van der Waals surface area contributed by atoms with Crippen LogP contribution in [0.4, 0.5) is 5.69 Å². The van der Waals surface area contributed by atoms with E-state index in [1.54, 1.807) is 6.92 Å². The highest BCUT2D eigenvalue weighted by Crippen LogP contribution is 2.30. The van der Waals surface area contributed by atoms with Gasteiger partial charge in [-0.25, -0.2) is 8.42 Å². The molecule has 0 unspecified atom stereocenters. The third kappa shape index (κ3) is 2.08. The summed E-state index contributed by atoms with van der Waals surface area (Å²) in [6.07, 6.45) is 0. The third-order valence-electron chi connectivity index (χ3n) is 2.67. The first-order valence-corrected chi connectivity index (χ1v) is 6.47. The molecule has 0 aliphatic carbocycles. The Morgan fingerprint density at radius 3 is 2.47 bits per heavy atom. The van der Waals surface area contributed by atoms with E-state index < -0.39 is 15.6 Å². The Bertz CT molecular complexity index is 545. The molecule has 0 atom stereocenters. The third-order valence-corrected chi connectivity index (χ3v) is 4.46. The standard InChI is InChI=1S/C10H14N2O4S/c1-10(14)5-12(6-10)17(15,16)7-2-3-9(13)8(11)4-7/h2-4,13-14H,5-6,11H2,1H3. The van der Waals surface area contributed by atoms with E-state index in [1.165, 1.54) is 22.5 Å². The minimum atomic E-state index is -3.63. The minimum absolute atomic E-state index is 0.0124. The van der Waals surface area contributed by atoms with Gasteiger partial charge in [0.05, 0.1) is 16.2 Å². The SMILES string of the molecule is CC1(O)CN(S(=O)(=O)c2ccc(O)c(N)c2)C1. The van der Waals surface area contributed by atoms with Crippen molar-refractivity contribution in [2.45, 2.75) is 17.4 Å². The van der Waals surface area contributed by atoms with Crippen LogP contribution in [0, 0.1) is 0 Å². The molecular weight excluding hydrogens is 244 g/mol. The largest absolute Gasteiger partial charge is 0.506 e. The number of anilines is 1. The number of hydrogen-bond acceptors (Lipinski definition) is 5. The van der Waals surface area contributed by atoms with Crippen LogP contribution in [0.5, 0.6) is 5.75 Å². The van der Waals surface area contributed by atoms with Crippen molar-refractivity contribution < 1.29 is 18.6 Å². The maximum absolute atomic E-state index is 12.0. The second-order valence-electron chi connectivity index (χ2n) is 4.49. The number of phenolic OH excluding ortho intramolecular Hbond substituents is 1. The molecule has 0 amide bonds. The van der Waals surface area contributed by atoms with E-state index in [4.69, 9.17) is 5.73 Å². The number of aromatic hydroxyl groups is 1. The average molecular weight is 258 g/mol. The second kappa shape index (κ2) is 3.59. The molecule has 1 aliphatic heterocycles. The molecule has 0 saturated carbocycles. The summed E-state index contributed by atoms with van der Waals surface area (Å²) in [6, 6.07) is 3.73. The number of sulfonamides is 1. The van der Waals surface area contributed by atoms with E-state index in [1.807, 2.05) is 0 Å². The summed E-state index contributed by atoms with van der Waals surface area (Å²) >= 11 is 0. The number of nitrogen functional groups attached to an aromatic ring is 1. The summed E-state index contributed by atoms with van der Waals surface area (Å²) in [5, 5.41) is 18.8. The van der Waals surface area contributed by atoms with Crippen LogP contribution < -0.4 is 5.73 Å². The van der Waals surface area contributed by atoms with E-state index in [2.05, 4.69) is 0 Å². The fourth-order valence-electron chi connectivity index (χ4n) is 1.73. The number of hydrogen-bond donors (Lipinski definition) is 3. The zero-order chi connectivity index (χ0) is 12.8. The van der Waals surface area contributed by atoms with Crippen molar-refractivity contribution in [1.29, 1.82) is 0 Å². The number of nitrogens with zero attached hydrogens (tertiary/aromatic N) is 1. The molecule has 0 spiro atoms. The molecule has 4 N–H and O–H groups in total. The highest BCUT2D eigenvalue weighted by molar-refractivity contribution is 7.89. The van der Waals surface area contributed by atoms with Gasteiger partial charge in [-0.3, -0.25) is 0 Å². The van der Waals surface area contributed by atoms with Gasteiger partial charge in [0.1, 0.15) is 5.75 Å². The molecule has 94 valence electrons. The number of rotatable bonds is 2. The lowest BCUT2D eigenvalue weighted by atomic mass is 10.0. The van der Waals surface area contributed by atoms with Gasteiger partial charge in [-0.15, -0.1) is 0 Å². The Kier molecular flexibility index (Phi) is 2.57. The molecule has 1 aromatic rings. The molecule has 1 fully saturated rings. The molecule has 1 aromatic carbocycles. The number of nitrogens with two attached hydrogens (primary N) is 1. The normalized spacial score (nSPS) is 19.9. The lowest BCUT2D eigenvalue weighted by molar-refractivity contribution is -0.0426. The first-order valence-electron chi connectivity index (χ1n) is 5.03. The van der Waals surface area contributed by atoms with E-state index in [9.17, 15) is 18.6 Å². The lowest BCUT2D eigenvalue weighted by Crippen LogP contribution is -2.61. The zero-order valence-electron chi connectivity index (χ0n) is 9.29. The molecule has 17 heavy (non-hydrogen) atoms. The van der Waals surface area contributed by atoms with Gasteiger partial charge in [0, 0.05) is 13.1 Å². The van der Waals surface area contributed by atoms with Gasteiger partial charge in [0.15, 0.2) is 0 Å². The Balaban J connectivity index is 2.30. The molecule has 1 heterocycles. The molecule has 1 saturated heterocycles. The second-order valence-corrected chi connectivity index (χ2v) is 6.43. The topological polar surface area (TPSA) is 104 Å². The van der Waals surface area contributed by atoms with Gasteiger partial charge in [-0.2, -0.15) is 4.31 Å². The highest BCUT2D eigenvalue weighted by atomic mass is 32.2. The molecule has 0 radical (unpaired) electrons. The van der Waals surface area contributed by atoms with E-state index >= 15 is 0 Å². The Morgan fingerprint density at radius 1 is 1.41 bits per heavy atom. The molecule has 2 rings (SSSR count). The minimum Gasteiger partial charge on any atom is -0.506 e. The van der Waals surface area contributed by atoms with Crippen LogP contribution in [-0.4, -0.2) is 41.6 Å². The van der Waals surface area contributed by atoms with Gasteiger partial charge in [-0.1, -0.05) is 0 Å². The average Bonchev–Trinajstić information content (AvgIpc) is 2.18. The summed E-state index contributed by atoms with van der Waals surface area (Å²) < 4.78 is 25.3. The predicted molar refractivity (Wildman–Crippen MR) is 61.9 cm³/mol. The summed E-state index contributed by atoms with van der Waals surface area (Å²) in [5.41, 5.74) is 4.50. The van der Waals surface area contributed by atoms with Crippen molar-refractivity contribution >= 4 is 15.7 Å². The Labute approximate surface area is 99.3 Å². The van der Waals surface area contributed by atoms with Crippen molar-refractivity contribution in [3.8, 4) is 5.75 Å². The molecular formula is C10H14N2O4S. The van der Waals surface area contributed by atoms with Gasteiger partial charge < -0.3 is 15.9 Å².